The van der Waals surface area contributed by atoms with Crippen LogP contribution in [0.2, 0.25) is 5.02 Å². The fourth-order valence-corrected chi connectivity index (χ4v) is 7.11. The first-order valence-corrected chi connectivity index (χ1v) is 15.4. The van der Waals surface area contributed by atoms with E-state index in [9.17, 15) is 19.6 Å². The summed E-state index contributed by atoms with van der Waals surface area (Å²) in [7, 11) is 1.30. The summed E-state index contributed by atoms with van der Waals surface area (Å²) in [6, 6.07) is 15.7. The van der Waals surface area contributed by atoms with Crippen LogP contribution in [0.1, 0.15) is 48.5 Å². The highest BCUT2D eigenvalue weighted by Gasteiger charge is 2.45. The van der Waals surface area contributed by atoms with Gasteiger partial charge < -0.3 is 15.8 Å². The third-order valence-corrected chi connectivity index (χ3v) is 9.34. The second kappa shape index (κ2) is 12.2. The van der Waals surface area contributed by atoms with Crippen LogP contribution in [-0.4, -0.2) is 40.7 Å². The molecule has 0 radical (unpaired) electrons. The highest BCUT2D eigenvalue weighted by Crippen LogP contribution is 2.51. The maximum atomic E-state index is 13.7. The van der Waals surface area contributed by atoms with E-state index in [1.807, 2.05) is 19.9 Å². The van der Waals surface area contributed by atoms with E-state index in [1.54, 1.807) is 47.4 Å². The van der Waals surface area contributed by atoms with E-state index >= 15 is 0 Å². The number of nitrogens with two attached hydrogens (primary N) is 1. The summed E-state index contributed by atoms with van der Waals surface area (Å²) in [6.45, 7) is 4.04. The monoisotopic (exact) mass is 634 g/mol. The standard InChI is InChI=1S/C30H27ClN6O4S2/c1-30(2)12-21-25(22(38)13-30)24(17-5-4-6-18(31)11-17)20(14-32)26(33)37(21)28-35-36-29(43-28)42-15-23(39)34-19-9-7-16(8-10-19)27(40)41-3/h4-11,24H,12-13,15,33H2,1-3H3,(H,34,39). The molecule has 13 heteroatoms. The Morgan fingerprint density at radius 1 is 1.23 bits per heavy atom. The molecule has 2 heterocycles. The molecule has 2 aromatic carbocycles. The number of ketones is 1. The number of aromatic nitrogens is 2. The highest BCUT2D eigenvalue weighted by molar-refractivity contribution is 8.01. The zero-order valence-corrected chi connectivity index (χ0v) is 25.9. The number of nitrogens with zero attached hydrogens (tertiary/aromatic N) is 4. The highest BCUT2D eigenvalue weighted by atomic mass is 35.5. The first-order chi connectivity index (χ1) is 20.5. The van der Waals surface area contributed by atoms with Crippen LogP contribution >= 0.6 is 34.7 Å². The molecule has 0 spiro atoms. The molecule has 3 N–H and O–H groups in total. The first kappa shape index (κ1) is 30.3. The molecule has 43 heavy (non-hydrogen) atoms. The number of esters is 1. The number of anilines is 2. The van der Waals surface area contributed by atoms with Gasteiger partial charge in [-0.25, -0.2) is 4.79 Å². The zero-order valence-electron chi connectivity index (χ0n) is 23.5. The van der Waals surface area contributed by atoms with Crippen molar-refractivity contribution >= 4 is 63.2 Å². The Balaban J connectivity index is 1.40. The topological polar surface area (TPSA) is 151 Å². The fraction of sp³-hybridized carbons (Fsp3) is 0.267. The van der Waals surface area contributed by atoms with Crippen LogP contribution in [0.15, 0.2) is 75.5 Å². The van der Waals surface area contributed by atoms with Gasteiger partial charge in [0.05, 0.1) is 36.0 Å². The van der Waals surface area contributed by atoms with E-state index in [-0.39, 0.29) is 34.3 Å². The molecule has 5 rings (SSSR count). The molecule has 1 amide bonds. The number of benzene rings is 2. The summed E-state index contributed by atoms with van der Waals surface area (Å²) >= 11 is 8.70. The van der Waals surface area contributed by atoms with Crippen LogP contribution in [-0.2, 0) is 14.3 Å². The minimum Gasteiger partial charge on any atom is -0.465 e. The predicted octanol–water partition coefficient (Wildman–Crippen LogP) is 5.65. The summed E-state index contributed by atoms with van der Waals surface area (Å²) in [5.41, 5.74) is 9.38. The van der Waals surface area contributed by atoms with E-state index in [0.717, 1.165) is 0 Å². The summed E-state index contributed by atoms with van der Waals surface area (Å²) in [5, 5.41) is 22.5. The quantitative estimate of drug-likeness (QED) is 0.246. The predicted molar refractivity (Wildman–Crippen MR) is 166 cm³/mol. The van der Waals surface area contributed by atoms with Crippen LogP contribution in [0.5, 0.6) is 0 Å². The second-order valence-corrected chi connectivity index (χ2v) is 13.4. The average molecular weight is 635 g/mol. The second-order valence-electron chi connectivity index (χ2n) is 10.8. The Morgan fingerprint density at radius 2 is 1.98 bits per heavy atom. The SMILES string of the molecule is COC(=O)c1ccc(NC(=O)CSc2nnc(N3C(N)=C(C#N)C(c4cccc(Cl)c4)C4=C3CC(C)(C)CC4=O)s2)cc1. The molecular formula is C30H27ClN6O4S2. The van der Waals surface area contributed by atoms with Crippen LogP contribution in [0, 0.1) is 16.7 Å². The molecule has 3 aromatic rings. The Kier molecular flexibility index (Phi) is 8.59. The van der Waals surface area contributed by atoms with Crippen LogP contribution in [0.25, 0.3) is 0 Å². The lowest BCUT2D eigenvalue weighted by atomic mass is 9.69. The Morgan fingerprint density at radius 3 is 2.65 bits per heavy atom. The molecule has 1 aliphatic carbocycles. The normalized spacial score (nSPS) is 17.8. The number of Topliss-reactive ketones (excluding diaryl/α,β-unsaturated/α-hetero) is 1. The van der Waals surface area contributed by atoms with Crippen LogP contribution in [0.4, 0.5) is 10.8 Å². The van der Waals surface area contributed by atoms with E-state index in [0.29, 0.717) is 55.4 Å². The number of halogens is 1. The average Bonchev–Trinajstić information content (AvgIpc) is 3.43. The number of ether oxygens (including phenoxy) is 1. The Labute approximate surface area is 261 Å². The van der Waals surface area contributed by atoms with Crippen molar-refractivity contribution in [2.75, 3.05) is 23.1 Å². The number of allylic oxidation sites excluding steroid dienone is 3. The number of carbonyl (C=O) groups is 3. The number of hydrogen-bond donors (Lipinski definition) is 2. The van der Waals surface area contributed by atoms with Gasteiger partial charge >= 0.3 is 5.97 Å². The molecule has 2 aliphatic rings. The summed E-state index contributed by atoms with van der Waals surface area (Å²) < 4.78 is 5.20. The van der Waals surface area contributed by atoms with Crippen molar-refractivity contribution in [3.8, 4) is 6.07 Å². The van der Waals surface area contributed by atoms with E-state index in [1.165, 1.54) is 30.2 Å². The lowest BCUT2D eigenvalue weighted by Gasteiger charge is -2.42. The van der Waals surface area contributed by atoms with Gasteiger partial charge in [-0.1, -0.05) is 60.7 Å². The molecule has 220 valence electrons. The molecule has 1 atom stereocenters. The van der Waals surface area contributed by atoms with Crippen molar-refractivity contribution < 1.29 is 19.1 Å². The maximum Gasteiger partial charge on any atom is 0.337 e. The van der Waals surface area contributed by atoms with Gasteiger partial charge in [0.1, 0.15) is 5.82 Å². The molecular weight excluding hydrogens is 608 g/mol. The summed E-state index contributed by atoms with van der Waals surface area (Å²) in [6.07, 6.45) is 0.858. The minimum atomic E-state index is -0.648. The zero-order chi connectivity index (χ0) is 30.9. The molecule has 0 bridgehead atoms. The minimum absolute atomic E-state index is 0.0540. The number of nitrogens with one attached hydrogen (secondary N) is 1. The van der Waals surface area contributed by atoms with Gasteiger partial charge in [0.2, 0.25) is 11.0 Å². The Bertz CT molecular complexity index is 1720. The Hall–Kier alpha value is -4.18. The number of carbonyl (C=O) groups excluding carboxylic acids is 3. The largest absolute Gasteiger partial charge is 0.465 e. The van der Waals surface area contributed by atoms with Gasteiger partial charge in [-0.2, -0.15) is 5.26 Å². The molecule has 0 fully saturated rings. The maximum absolute atomic E-state index is 13.7. The van der Waals surface area contributed by atoms with Crippen molar-refractivity contribution in [3.05, 3.63) is 87.3 Å². The van der Waals surface area contributed by atoms with Crippen LogP contribution < -0.4 is 16.0 Å². The van der Waals surface area contributed by atoms with E-state index < -0.39 is 11.9 Å². The van der Waals surface area contributed by atoms with Crippen molar-refractivity contribution in [2.24, 2.45) is 11.1 Å². The number of nitriles is 1. The molecule has 10 nitrogen and oxygen atoms in total. The lowest BCUT2D eigenvalue weighted by molar-refractivity contribution is -0.118. The first-order valence-electron chi connectivity index (χ1n) is 13.2. The summed E-state index contributed by atoms with van der Waals surface area (Å²) in [4.78, 5) is 39.5. The van der Waals surface area contributed by atoms with E-state index in [4.69, 9.17) is 17.3 Å². The van der Waals surface area contributed by atoms with Gasteiger partial charge in [0.25, 0.3) is 0 Å². The number of hydrogen-bond acceptors (Lipinski definition) is 11. The van der Waals surface area contributed by atoms with Gasteiger partial charge in [-0.3, -0.25) is 14.5 Å². The van der Waals surface area contributed by atoms with Crippen molar-refractivity contribution in [1.29, 1.82) is 5.26 Å². The molecule has 0 saturated heterocycles. The molecule has 1 unspecified atom stereocenters. The fourth-order valence-electron chi connectivity index (χ4n) is 5.23. The van der Waals surface area contributed by atoms with E-state index in [2.05, 4.69) is 26.3 Å². The number of amides is 1. The third-order valence-electron chi connectivity index (χ3n) is 7.07. The molecule has 0 saturated carbocycles. The molecule has 1 aliphatic heterocycles. The summed E-state index contributed by atoms with van der Waals surface area (Å²) in [5.74, 6) is -1.21. The third kappa shape index (κ3) is 6.29. The lowest BCUT2D eigenvalue weighted by Crippen LogP contribution is -2.42. The van der Waals surface area contributed by atoms with Gasteiger partial charge in [-0.05, 0) is 53.8 Å². The number of rotatable bonds is 7. The number of methoxy groups -OCH3 is 1. The number of thioether (sulfide) groups is 1. The van der Waals surface area contributed by atoms with Gasteiger partial charge in [-0.15, -0.1) is 10.2 Å². The van der Waals surface area contributed by atoms with Crippen LogP contribution in [0.3, 0.4) is 0 Å². The van der Waals surface area contributed by atoms with Gasteiger partial charge in [0.15, 0.2) is 10.1 Å². The molecule has 1 aromatic heterocycles. The van der Waals surface area contributed by atoms with Crippen molar-refractivity contribution in [2.45, 2.75) is 36.9 Å². The smallest absolute Gasteiger partial charge is 0.337 e. The van der Waals surface area contributed by atoms with Crippen molar-refractivity contribution in [3.63, 3.8) is 0 Å². The van der Waals surface area contributed by atoms with Crippen molar-refractivity contribution in [1.82, 2.24) is 10.2 Å². The van der Waals surface area contributed by atoms with Gasteiger partial charge in [0, 0.05) is 28.4 Å².